The first-order valence-corrected chi connectivity index (χ1v) is 9.44. The van der Waals surface area contributed by atoms with Crippen molar-refractivity contribution in [3.8, 4) is 11.5 Å². The summed E-state index contributed by atoms with van der Waals surface area (Å²) in [6, 6.07) is 5.03. The predicted molar refractivity (Wildman–Crippen MR) is 98.6 cm³/mol. The number of amides is 2. The van der Waals surface area contributed by atoms with Gasteiger partial charge in [0.05, 0.1) is 18.2 Å². The summed E-state index contributed by atoms with van der Waals surface area (Å²) in [5.74, 6) is 0.579. The van der Waals surface area contributed by atoms with Crippen LogP contribution in [0.5, 0.6) is 11.5 Å². The maximum Gasteiger partial charge on any atom is 0.257 e. The first-order chi connectivity index (χ1) is 13.2. The molecule has 2 aromatic rings. The van der Waals surface area contributed by atoms with Gasteiger partial charge in [-0.15, -0.1) is 11.3 Å². The van der Waals surface area contributed by atoms with E-state index in [-0.39, 0.29) is 24.5 Å². The zero-order valence-electron chi connectivity index (χ0n) is 14.7. The lowest BCUT2D eigenvalue weighted by Gasteiger charge is -2.10. The highest BCUT2D eigenvalue weighted by Crippen LogP contribution is 2.39. The minimum atomic E-state index is -0.276. The molecule has 1 aromatic heterocycles. The number of anilines is 1. The molecule has 0 bridgehead atoms. The molecule has 1 unspecified atom stereocenters. The van der Waals surface area contributed by atoms with Gasteiger partial charge in [-0.1, -0.05) is 0 Å². The number of methoxy groups -OCH3 is 1. The highest BCUT2D eigenvalue weighted by atomic mass is 32.1. The molecule has 1 aliphatic heterocycles. The second kappa shape index (κ2) is 7.53. The fraction of sp³-hybridized carbons (Fsp3) is 0.389. The van der Waals surface area contributed by atoms with Crippen LogP contribution >= 0.6 is 11.3 Å². The molecule has 142 valence electrons. The van der Waals surface area contributed by atoms with Crippen molar-refractivity contribution < 1.29 is 23.8 Å². The summed E-state index contributed by atoms with van der Waals surface area (Å²) in [5, 5.41) is 6.16. The van der Waals surface area contributed by atoms with Crippen molar-refractivity contribution in [1.82, 2.24) is 10.3 Å². The Labute approximate surface area is 159 Å². The number of nitrogens with zero attached hydrogens (tertiary/aromatic N) is 1. The van der Waals surface area contributed by atoms with Gasteiger partial charge in [-0.3, -0.25) is 14.9 Å². The summed E-state index contributed by atoms with van der Waals surface area (Å²) in [4.78, 5) is 30.4. The van der Waals surface area contributed by atoms with Gasteiger partial charge >= 0.3 is 0 Å². The van der Waals surface area contributed by atoms with Crippen LogP contribution in [-0.4, -0.2) is 43.9 Å². The van der Waals surface area contributed by atoms with E-state index in [0.717, 1.165) is 23.4 Å². The number of carbonyl (C=O) groups is 2. The van der Waals surface area contributed by atoms with Crippen molar-refractivity contribution in [2.45, 2.75) is 18.8 Å². The Morgan fingerprint density at radius 3 is 3.04 bits per heavy atom. The van der Waals surface area contributed by atoms with Gasteiger partial charge in [-0.2, -0.15) is 0 Å². The monoisotopic (exact) mass is 389 g/mol. The van der Waals surface area contributed by atoms with Crippen LogP contribution in [0, 0.1) is 0 Å². The van der Waals surface area contributed by atoms with E-state index < -0.39 is 0 Å². The number of thiazole rings is 1. The van der Waals surface area contributed by atoms with Crippen LogP contribution in [0.25, 0.3) is 0 Å². The highest BCUT2D eigenvalue weighted by molar-refractivity contribution is 7.16. The van der Waals surface area contributed by atoms with Crippen LogP contribution in [0.2, 0.25) is 0 Å². The van der Waals surface area contributed by atoms with Crippen molar-refractivity contribution in [3.05, 3.63) is 34.3 Å². The van der Waals surface area contributed by atoms with Gasteiger partial charge in [0.15, 0.2) is 16.6 Å². The molecule has 27 heavy (non-hydrogen) atoms. The van der Waals surface area contributed by atoms with Gasteiger partial charge in [0.25, 0.3) is 5.91 Å². The van der Waals surface area contributed by atoms with Crippen molar-refractivity contribution in [2.75, 3.05) is 32.4 Å². The number of ether oxygens (including phenoxy) is 3. The molecule has 2 N–H and O–H groups in total. The molecular formula is C18H19N3O5S. The van der Waals surface area contributed by atoms with Crippen LogP contribution in [0.15, 0.2) is 18.2 Å². The topological polar surface area (TPSA) is 98.8 Å². The van der Waals surface area contributed by atoms with Crippen LogP contribution < -0.4 is 20.1 Å². The van der Waals surface area contributed by atoms with E-state index in [0.29, 0.717) is 35.3 Å². The largest absolute Gasteiger partial charge is 0.454 e. The van der Waals surface area contributed by atoms with E-state index in [9.17, 15) is 9.59 Å². The number of fused-ring (bicyclic) bond motifs is 2. The summed E-state index contributed by atoms with van der Waals surface area (Å²) < 4.78 is 15.5. The molecule has 0 saturated carbocycles. The molecule has 2 amide bonds. The van der Waals surface area contributed by atoms with Gasteiger partial charge in [-0.05, 0) is 31.0 Å². The van der Waals surface area contributed by atoms with Gasteiger partial charge in [-0.25, -0.2) is 4.98 Å². The molecular weight excluding hydrogens is 370 g/mol. The summed E-state index contributed by atoms with van der Waals surface area (Å²) in [6.07, 6.45) is 1.53. The lowest BCUT2D eigenvalue weighted by Crippen LogP contribution is -2.31. The number of rotatable bonds is 6. The molecule has 9 heteroatoms. The Morgan fingerprint density at radius 1 is 1.33 bits per heavy atom. The number of aromatic nitrogens is 1. The Bertz CT molecular complexity index is 882. The molecule has 4 rings (SSSR count). The summed E-state index contributed by atoms with van der Waals surface area (Å²) in [6.45, 7) is 1.10. The lowest BCUT2D eigenvalue weighted by atomic mass is 10.1. The number of nitrogens with one attached hydrogen (secondary N) is 2. The maximum atomic E-state index is 12.5. The third kappa shape index (κ3) is 3.60. The quantitative estimate of drug-likeness (QED) is 0.733. The number of aryl methyl sites for hydroxylation is 1. The van der Waals surface area contributed by atoms with Gasteiger partial charge in [0, 0.05) is 24.1 Å². The van der Waals surface area contributed by atoms with Crippen LogP contribution in [0.1, 0.15) is 33.3 Å². The first kappa shape index (κ1) is 17.7. The molecule has 2 aliphatic rings. The molecule has 2 heterocycles. The van der Waals surface area contributed by atoms with E-state index in [1.165, 1.54) is 11.3 Å². The van der Waals surface area contributed by atoms with E-state index in [1.54, 1.807) is 25.3 Å². The normalized spacial score (nSPS) is 16.9. The average Bonchev–Trinajstić information content (AvgIpc) is 3.36. The average molecular weight is 389 g/mol. The molecule has 0 spiro atoms. The molecule has 1 atom stereocenters. The molecule has 1 aromatic carbocycles. The number of carbonyl (C=O) groups excluding carboxylic acids is 2. The third-order valence-corrected chi connectivity index (χ3v) is 5.54. The molecule has 8 nitrogen and oxygen atoms in total. The Kier molecular flexibility index (Phi) is 4.95. The zero-order chi connectivity index (χ0) is 18.8. The third-order valence-electron chi connectivity index (χ3n) is 4.49. The van der Waals surface area contributed by atoms with E-state index >= 15 is 0 Å². The molecule has 0 saturated heterocycles. The van der Waals surface area contributed by atoms with Crippen LogP contribution in [-0.2, 0) is 16.0 Å². The van der Waals surface area contributed by atoms with Crippen LogP contribution in [0.3, 0.4) is 0 Å². The molecule has 0 radical (unpaired) electrons. The van der Waals surface area contributed by atoms with E-state index in [2.05, 4.69) is 15.6 Å². The molecule has 0 fully saturated rings. The second-order valence-electron chi connectivity index (χ2n) is 6.22. The lowest BCUT2D eigenvalue weighted by molar-refractivity contribution is -0.122. The van der Waals surface area contributed by atoms with Gasteiger partial charge in [0.2, 0.25) is 12.7 Å². The fourth-order valence-electron chi connectivity index (χ4n) is 3.14. The second-order valence-corrected chi connectivity index (χ2v) is 7.31. The highest BCUT2D eigenvalue weighted by Gasteiger charge is 2.32. The predicted octanol–water partition coefficient (Wildman–Crippen LogP) is 1.92. The van der Waals surface area contributed by atoms with Crippen LogP contribution in [0.4, 0.5) is 5.13 Å². The SMILES string of the molecule is COCCNC(=O)C1CCc2sc(NC(=O)c3ccc4c(c3)OCO4)nc21. The minimum absolute atomic E-state index is 0.0512. The van der Waals surface area contributed by atoms with Gasteiger partial charge in [0.1, 0.15) is 0 Å². The van der Waals surface area contributed by atoms with Gasteiger partial charge < -0.3 is 19.5 Å². The standard InChI is InChI=1S/C18H19N3O5S/c1-24-7-6-19-17(23)11-3-5-14-15(11)20-18(27-14)21-16(22)10-2-4-12-13(8-10)26-9-25-12/h2,4,8,11H,3,5-7,9H2,1H3,(H,19,23)(H,20,21,22). The fourth-order valence-corrected chi connectivity index (χ4v) is 4.18. The first-order valence-electron chi connectivity index (χ1n) is 8.63. The Balaban J connectivity index is 1.43. The zero-order valence-corrected chi connectivity index (χ0v) is 15.6. The maximum absolute atomic E-state index is 12.5. The van der Waals surface area contributed by atoms with Crippen molar-refractivity contribution in [3.63, 3.8) is 0 Å². The molecule has 1 aliphatic carbocycles. The smallest absolute Gasteiger partial charge is 0.257 e. The Morgan fingerprint density at radius 2 is 2.19 bits per heavy atom. The van der Waals surface area contributed by atoms with E-state index in [1.807, 2.05) is 0 Å². The number of benzene rings is 1. The minimum Gasteiger partial charge on any atom is -0.454 e. The van der Waals surface area contributed by atoms with E-state index in [4.69, 9.17) is 14.2 Å². The van der Waals surface area contributed by atoms with Crippen molar-refractivity contribution in [2.24, 2.45) is 0 Å². The summed E-state index contributed by atoms with van der Waals surface area (Å²) in [7, 11) is 1.59. The summed E-state index contributed by atoms with van der Waals surface area (Å²) in [5.41, 5.74) is 1.22. The number of hydrogen-bond donors (Lipinski definition) is 2. The number of hydrogen-bond acceptors (Lipinski definition) is 7. The van der Waals surface area contributed by atoms with Crippen molar-refractivity contribution in [1.29, 1.82) is 0 Å². The Hall–Kier alpha value is -2.65. The summed E-state index contributed by atoms with van der Waals surface area (Å²) >= 11 is 1.42. The van der Waals surface area contributed by atoms with Crippen molar-refractivity contribution >= 4 is 28.3 Å².